The molecule has 1 saturated heterocycles. The molecular weight excluding hydrogens is 246 g/mol. The highest BCUT2D eigenvalue weighted by atomic mass is 32.1. The van der Waals surface area contributed by atoms with Crippen molar-refractivity contribution < 1.29 is 4.74 Å². The molecule has 1 atom stereocenters. The van der Waals surface area contributed by atoms with Gasteiger partial charge in [0, 0.05) is 6.61 Å². The van der Waals surface area contributed by atoms with E-state index in [-0.39, 0.29) is 5.60 Å². The zero-order chi connectivity index (χ0) is 12.6. The molecular formula is C13H17N3OS. The fourth-order valence-electron chi connectivity index (χ4n) is 2.42. The second kappa shape index (κ2) is 4.48. The molecule has 5 heteroatoms. The minimum absolute atomic E-state index is 0.0739. The van der Waals surface area contributed by atoms with Crippen molar-refractivity contribution in [1.82, 2.24) is 15.0 Å². The molecule has 18 heavy (non-hydrogen) atoms. The normalized spacial score (nSPS) is 23.7. The van der Waals surface area contributed by atoms with E-state index in [2.05, 4.69) is 35.6 Å². The number of ether oxygens (including phenoxy) is 1. The van der Waals surface area contributed by atoms with Gasteiger partial charge in [-0.2, -0.15) is 0 Å². The molecule has 0 saturated carbocycles. The summed E-state index contributed by atoms with van der Waals surface area (Å²) in [4.78, 5) is 1.21. The Hall–Kier alpha value is -1.20. The minimum Gasteiger partial charge on any atom is -0.373 e. The lowest BCUT2D eigenvalue weighted by atomic mass is 10.0. The molecule has 0 N–H and O–H groups in total. The predicted octanol–water partition coefficient (Wildman–Crippen LogP) is 2.88. The van der Waals surface area contributed by atoms with Crippen LogP contribution < -0.4 is 0 Å². The fourth-order valence-corrected chi connectivity index (χ4v) is 3.30. The van der Waals surface area contributed by atoms with E-state index in [0.717, 1.165) is 31.7 Å². The summed E-state index contributed by atoms with van der Waals surface area (Å²) in [5.74, 6) is 0. The average molecular weight is 263 g/mol. The number of aryl methyl sites for hydroxylation is 1. The van der Waals surface area contributed by atoms with Gasteiger partial charge in [-0.25, -0.2) is 4.68 Å². The van der Waals surface area contributed by atoms with Crippen LogP contribution in [0, 0.1) is 6.92 Å². The summed E-state index contributed by atoms with van der Waals surface area (Å²) in [7, 11) is 0. The van der Waals surface area contributed by atoms with E-state index in [1.807, 2.05) is 10.9 Å². The van der Waals surface area contributed by atoms with Gasteiger partial charge < -0.3 is 4.74 Å². The molecule has 0 aliphatic carbocycles. The van der Waals surface area contributed by atoms with Gasteiger partial charge in [-0.3, -0.25) is 0 Å². The maximum Gasteiger partial charge on any atom is 0.123 e. The summed E-state index contributed by atoms with van der Waals surface area (Å²) in [5.41, 5.74) is 2.15. The summed E-state index contributed by atoms with van der Waals surface area (Å²) in [6.07, 6.45) is 4.26. The molecule has 96 valence electrons. The van der Waals surface area contributed by atoms with E-state index in [1.165, 1.54) is 10.4 Å². The van der Waals surface area contributed by atoms with Crippen LogP contribution in [0.25, 0.3) is 10.6 Å². The third kappa shape index (κ3) is 2.20. The first kappa shape index (κ1) is 11.9. The lowest BCUT2D eigenvalue weighted by Crippen LogP contribution is -2.29. The smallest absolute Gasteiger partial charge is 0.123 e. The SMILES string of the molecule is Cc1ccsc1-c1cn(C[C@@]2(C)CCCO2)nn1. The quantitative estimate of drug-likeness (QED) is 0.855. The Kier molecular flexibility index (Phi) is 2.95. The molecule has 1 aliphatic heterocycles. The maximum absolute atomic E-state index is 5.78. The van der Waals surface area contributed by atoms with Crippen molar-refractivity contribution in [2.24, 2.45) is 0 Å². The molecule has 1 fully saturated rings. The van der Waals surface area contributed by atoms with Gasteiger partial charge in [0.1, 0.15) is 5.69 Å². The zero-order valence-electron chi connectivity index (χ0n) is 10.7. The van der Waals surface area contributed by atoms with E-state index in [1.54, 1.807) is 11.3 Å². The summed E-state index contributed by atoms with van der Waals surface area (Å²) in [5, 5.41) is 10.6. The Labute approximate surface area is 111 Å². The third-order valence-corrected chi connectivity index (χ3v) is 4.47. The average Bonchev–Trinajstić information content (AvgIpc) is 3.01. The summed E-state index contributed by atoms with van der Waals surface area (Å²) < 4.78 is 7.68. The van der Waals surface area contributed by atoms with Crippen LogP contribution >= 0.6 is 11.3 Å². The van der Waals surface area contributed by atoms with Crippen LogP contribution in [0.5, 0.6) is 0 Å². The topological polar surface area (TPSA) is 39.9 Å². The maximum atomic E-state index is 5.78. The van der Waals surface area contributed by atoms with Gasteiger partial charge in [0.25, 0.3) is 0 Å². The van der Waals surface area contributed by atoms with Crippen LogP contribution in [0.4, 0.5) is 0 Å². The summed E-state index contributed by atoms with van der Waals surface area (Å²) in [6.45, 7) is 5.90. The van der Waals surface area contributed by atoms with E-state index < -0.39 is 0 Å². The molecule has 3 heterocycles. The summed E-state index contributed by atoms with van der Waals surface area (Å²) >= 11 is 1.71. The fraction of sp³-hybridized carbons (Fsp3) is 0.538. The largest absolute Gasteiger partial charge is 0.373 e. The lowest BCUT2D eigenvalue weighted by Gasteiger charge is -2.22. The van der Waals surface area contributed by atoms with Crippen LogP contribution in [-0.2, 0) is 11.3 Å². The molecule has 2 aromatic rings. The molecule has 4 nitrogen and oxygen atoms in total. The first-order chi connectivity index (χ1) is 8.66. The highest BCUT2D eigenvalue weighted by Gasteiger charge is 2.30. The first-order valence-corrected chi connectivity index (χ1v) is 7.13. The molecule has 2 aromatic heterocycles. The van der Waals surface area contributed by atoms with Crippen molar-refractivity contribution >= 4 is 11.3 Å². The molecule has 0 amide bonds. The minimum atomic E-state index is -0.0739. The monoisotopic (exact) mass is 263 g/mol. The molecule has 0 aromatic carbocycles. The van der Waals surface area contributed by atoms with Crippen molar-refractivity contribution in [1.29, 1.82) is 0 Å². The van der Waals surface area contributed by atoms with Crippen molar-refractivity contribution in [2.75, 3.05) is 6.61 Å². The zero-order valence-corrected chi connectivity index (χ0v) is 11.5. The first-order valence-electron chi connectivity index (χ1n) is 6.25. The number of hydrogen-bond donors (Lipinski definition) is 0. The second-order valence-electron chi connectivity index (χ2n) is 5.14. The number of thiophene rings is 1. The Morgan fingerprint density at radius 3 is 3.11 bits per heavy atom. The van der Waals surface area contributed by atoms with Crippen molar-refractivity contribution in [2.45, 2.75) is 38.8 Å². The Morgan fingerprint density at radius 1 is 1.56 bits per heavy atom. The Morgan fingerprint density at radius 2 is 2.44 bits per heavy atom. The Bertz CT molecular complexity index is 540. The summed E-state index contributed by atoms with van der Waals surface area (Å²) in [6, 6.07) is 2.11. The number of aromatic nitrogens is 3. The number of rotatable bonds is 3. The standard InChI is InChI=1S/C13H17N3OS/c1-10-4-7-18-12(10)11-8-16(15-14-11)9-13(2)5-3-6-17-13/h4,7-8H,3,5-6,9H2,1-2H3/t13-/m1/s1. The van der Waals surface area contributed by atoms with Crippen molar-refractivity contribution in [3.63, 3.8) is 0 Å². The third-order valence-electron chi connectivity index (χ3n) is 3.43. The molecule has 3 rings (SSSR count). The van der Waals surface area contributed by atoms with E-state index in [4.69, 9.17) is 4.74 Å². The van der Waals surface area contributed by atoms with Crippen LogP contribution in [0.1, 0.15) is 25.3 Å². The van der Waals surface area contributed by atoms with Gasteiger partial charge in [-0.15, -0.1) is 16.4 Å². The van der Waals surface area contributed by atoms with Crippen molar-refractivity contribution in [3.05, 3.63) is 23.2 Å². The van der Waals surface area contributed by atoms with Gasteiger partial charge in [0.15, 0.2) is 0 Å². The molecule has 1 aliphatic rings. The number of hydrogen-bond acceptors (Lipinski definition) is 4. The Balaban J connectivity index is 1.80. The van der Waals surface area contributed by atoms with Gasteiger partial charge >= 0.3 is 0 Å². The molecule has 0 spiro atoms. The predicted molar refractivity (Wildman–Crippen MR) is 71.7 cm³/mol. The number of nitrogens with zero attached hydrogens (tertiary/aromatic N) is 3. The van der Waals surface area contributed by atoms with E-state index in [0.29, 0.717) is 0 Å². The lowest BCUT2D eigenvalue weighted by molar-refractivity contribution is 0.00320. The highest BCUT2D eigenvalue weighted by molar-refractivity contribution is 7.13. The van der Waals surface area contributed by atoms with Crippen LogP contribution in [0.2, 0.25) is 0 Å². The van der Waals surface area contributed by atoms with Crippen LogP contribution in [0.15, 0.2) is 17.6 Å². The van der Waals surface area contributed by atoms with Crippen molar-refractivity contribution in [3.8, 4) is 10.6 Å². The van der Waals surface area contributed by atoms with E-state index in [9.17, 15) is 0 Å². The van der Waals surface area contributed by atoms with Crippen LogP contribution in [0.3, 0.4) is 0 Å². The highest BCUT2D eigenvalue weighted by Crippen LogP contribution is 2.29. The van der Waals surface area contributed by atoms with Gasteiger partial charge in [0.05, 0.1) is 23.2 Å². The molecule has 0 radical (unpaired) electrons. The van der Waals surface area contributed by atoms with Gasteiger partial charge in [-0.05, 0) is 43.7 Å². The van der Waals surface area contributed by atoms with E-state index >= 15 is 0 Å². The molecule has 0 unspecified atom stereocenters. The molecule has 0 bridgehead atoms. The van der Waals surface area contributed by atoms with Gasteiger partial charge in [0.2, 0.25) is 0 Å². The van der Waals surface area contributed by atoms with Crippen LogP contribution in [-0.4, -0.2) is 27.2 Å². The second-order valence-corrected chi connectivity index (χ2v) is 6.05. The van der Waals surface area contributed by atoms with Gasteiger partial charge in [-0.1, -0.05) is 5.21 Å².